The Bertz CT molecular complexity index is 886. The lowest BCUT2D eigenvalue weighted by Gasteiger charge is -2.13. The van der Waals surface area contributed by atoms with Gasteiger partial charge in [0.2, 0.25) is 0 Å². The van der Waals surface area contributed by atoms with Crippen molar-refractivity contribution in [3.63, 3.8) is 0 Å². The molecule has 3 aromatic rings. The van der Waals surface area contributed by atoms with Crippen LogP contribution in [0.3, 0.4) is 0 Å². The van der Waals surface area contributed by atoms with Gasteiger partial charge in [0.1, 0.15) is 5.52 Å². The second kappa shape index (κ2) is 7.77. The van der Waals surface area contributed by atoms with E-state index in [1.54, 1.807) is 6.07 Å². The molecule has 2 aromatic carbocycles. The fraction of sp³-hybridized carbons (Fsp3) is 0.350. The normalized spacial score (nSPS) is 12.7. The molecular formula is C20H23Cl2N3. The number of fused-ring (bicyclic) bond motifs is 1. The SMILES string of the molecule is CCCNCC(C)c1c2cccc(-c3ccc(Cl)cc3Cl)c2nn1C. The molecule has 0 bridgehead atoms. The summed E-state index contributed by atoms with van der Waals surface area (Å²) >= 11 is 12.5. The van der Waals surface area contributed by atoms with E-state index < -0.39 is 0 Å². The molecule has 0 radical (unpaired) electrons. The Morgan fingerprint density at radius 2 is 1.96 bits per heavy atom. The first-order valence-corrected chi connectivity index (χ1v) is 9.40. The molecule has 0 aliphatic carbocycles. The molecule has 0 spiro atoms. The molecular weight excluding hydrogens is 353 g/mol. The third-order valence-corrected chi connectivity index (χ3v) is 5.02. The van der Waals surface area contributed by atoms with Crippen LogP contribution in [0, 0.1) is 0 Å². The Hall–Kier alpha value is -1.55. The Balaban J connectivity index is 2.07. The standard InChI is InChI=1S/C20H23Cl2N3/c1-4-10-23-12-13(2)20-17-7-5-6-16(19(17)24-25(20)3)15-9-8-14(21)11-18(15)22/h5-9,11,13,23H,4,10,12H2,1-3H3. The smallest absolute Gasteiger partial charge is 0.100 e. The number of halogens is 2. The minimum absolute atomic E-state index is 0.373. The molecule has 3 rings (SSSR count). The summed E-state index contributed by atoms with van der Waals surface area (Å²) in [5, 5.41) is 10.8. The minimum Gasteiger partial charge on any atom is -0.316 e. The Morgan fingerprint density at radius 3 is 2.68 bits per heavy atom. The van der Waals surface area contributed by atoms with Gasteiger partial charge in [0.15, 0.2) is 0 Å². The summed E-state index contributed by atoms with van der Waals surface area (Å²) < 4.78 is 2.00. The van der Waals surface area contributed by atoms with Crippen molar-refractivity contribution in [1.82, 2.24) is 15.1 Å². The van der Waals surface area contributed by atoms with Crippen LogP contribution in [0.4, 0.5) is 0 Å². The van der Waals surface area contributed by atoms with Crippen molar-refractivity contribution in [3.8, 4) is 11.1 Å². The summed E-state index contributed by atoms with van der Waals surface area (Å²) in [7, 11) is 2.01. The zero-order valence-corrected chi connectivity index (χ0v) is 16.3. The number of benzene rings is 2. The third kappa shape index (κ3) is 3.69. The molecule has 0 aliphatic heterocycles. The molecule has 25 heavy (non-hydrogen) atoms. The Morgan fingerprint density at radius 1 is 1.16 bits per heavy atom. The molecule has 0 saturated carbocycles. The quantitative estimate of drug-likeness (QED) is 0.564. The predicted molar refractivity (Wildman–Crippen MR) is 108 cm³/mol. The summed E-state index contributed by atoms with van der Waals surface area (Å²) in [6.45, 7) is 6.39. The van der Waals surface area contributed by atoms with E-state index in [1.807, 2.05) is 23.9 Å². The highest BCUT2D eigenvalue weighted by Gasteiger charge is 2.18. The van der Waals surface area contributed by atoms with Gasteiger partial charge in [0.05, 0.1) is 5.69 Å². The predicted octanol–water partition coefficient (Wildman–Crippen LogP) is 5.65. The number of nitrogens with zero attached hydrogens (tertiary/aromatic N) is 2. The van der Waals surface area contributed by atoms with E-state index in [4.69, 9.17) is 28.3 Å². The van der Waals surface area contributed by atoms with E-state index in [9.17, 15) is 0 Å². The molecule has 132 valence electrons. The van der Waals surface area contributed by atoms with Crippen LogP contribution in [-0.2, 0) is 7.05 Å². The molecule has 1 aromatic heterocycles. The zero-order valence-electron chi connectivity index (χ0n) is 14.8. The van der Waals surface area contributed by atoms with Gasteiger partial charge < -0.3 is 5.32 Å². The highest BCUT2D eigenvalue weighted by molar-refractivity contribution is 6.36. The zero-order chi connectivity index (χ0) is 18.0. The van der Waals surface area contributed by atoms with Crippen LogP contribution in [0.25, 0.3) is 22.0 Å². The lowest BCUT2D eigenvalue weighted by molar-refractivity contribution is 0.573. The van der Waals surface area contributed by atoms with Crippen molar-refractivity contribution in [2.75, 3.05) is 13.1 Å². The number of hydrogen-bond donors (Lipinski definition) is 1. The lowest BCUT2D eigenvalue weighted by atomic mass is 9.98. The molecule has 0 amide bonds. The topological polar surface area (TPSA) is 29.9 Å². The van der Waals surface area contributed by atoms with Crippen LogP contribution in [0.1, 0.15) is 31.9 Å². The number of aryl methyl sites for hydroxylation is 1. The average molecular weight is 376 g/mol. The van der Waals surface area contributed by atoms with E-state index in [2.05, 4.69) is 37.4 Å². The summed E-state index contributed by atoms with van der Waals surface area (Å²) in [5.74, 6) is 0.373. The number of aromatic nitrogens is 2. The summed E-state index contributed by atoms with van der Waals surface area (Å²) in [5.41, 5.74) is 4.21. The number of rotatable bonds is 6. The second-order valence-corrected chi connectivity index (χ2v) is 7.28. The molecule has 5 heteroatoms. The van der Waals surface area contributed by atoms with E-state index in [-0.39, 0.29) is 0 Å². The maximum atomic E-state index is 6.43. The molecule has 0 fully saturated rings. The molecule has 1 unspecified atom stereocenters. The summed E-state index contributed by atoms with van der Waals surface area (Å²) in [4.78, 5) is 0. The van der Waals surface area contributed by atoms with Crippen molar-refractivity contribution < 1.29 is 0 Å². The van der Waals surface area contributed by atoms with Crippen LogP contribution in [-0.4, -0.2) is 22.9 Å². The Labute approximate surface area is 158 Å². The highest BCUT2D eigenvalue weighted by atomic mass is 35.5. The molecule has 1 heterocycles. The third-order valence-electron chi connectivity index (χ3n) is 4.48. The van der Waals surface area contributed by atoms with E-state index in [0.29, 0.717) is 16.0 Å². The largest absolute Gasteiger partial charge is 0.316 e. The van der Waals surface area contributed by atoms with Crippen molar-refractivity contribution in [2.24, 2.45) is 7.05 Å². The molecule has 1 atom stereocenters. The molecule has 0 saturated heterocycles. The fourth-order valence-electron chi connectivity index (χ4n) is 3.34. The van der Waals surface area contributed by atoms with Gasteiger partial charge in [-0.3, -0.25) is 4.68 Å². The summed E-state index contributed by atoms with van der Waals surface area (Å²) in [6.07, 6.45) is 1.14. The van der Waals surface area contributed by atoms with Crippen LogP contribution < -0.4 is 5.32 Å². The molecule has 1 N–H and O–H groups in total. The van der Waals surface area contributed by atoms with Gasteiger partial charge in [0.25, 0.3) is 0 Å². The van der Waals surface area contributed by atoms with Gasteiger partial charge >= 0.3 is 0 Å². The van der Waals surface area contributed by atoms with Crippen molar-refractivity contribution in [1.29, 1.82) is 0 Å². The monoisotopic (exact) mass is 375 g/mol. The van der Waals surface area contributed by atoms with E-state index in [1.165, 1.54) is 11.1 Å². The number of hydrogen-bond acceptors (Lipinski definition) is 2. The van der Waals surface area contributed by atoms with Crippen LogP contribution in [0.15, 0.2) is 36.4 Å². The van der Waals surface area contributed by atoms with Gasteiger partial charge in [0, 0.05) is 46.1 Å². The van der Waals surface area contributed by atoms with E-state index in [0.717, 1.165) is 36.2 Å². The average Bonchev–Trinajstić information content (AvgIpc) is 2.91. The Kier molecular flexibility index (Phi) is 5.67. The van der Waals surface area contributed by atoms with Crippen molar-refractivity contribution in [2.45, 2.75) is 26.2 Å². The minimum atomic E-state index is 0.373. The van der Waals surface area contributed by atoms with Gasteiger partial charge in [-0.25, -0.2) is 0 Å². The van der Waals surface area contributed by atoms with Crippen LogP contribution in [0.5, 0.6) is 0 Å². The maximum Gasteiger partial charge on any atom is 0.100 e. The fourth-order valence-corrected chi connectivity index (χ4v) is 3.85. The van der Waals surface area contributed by atoms with Crippen LogP contribution >= 0.6 is 23.2 Å². The van der Waals surface area contributed by atoms with E-state index >= 15 is 0 Å². The first kappa shape index (κ1) is 18.2. The van der Waals surface area contributed by atoms with Crippen LogP contribution in [0.2, 0.25) is 10.0 Å². The van der Waals surface area contributed by atoms with Gasteiger partial charge in [-0.15, -0.1) is 0 Å². The maximum absolute atomic E-state index is 6.43. The second-order valence-electron chi connectivity index (χ2n) is 6.44. The number of nitrogens with one attached hydrogen (secondary N) is 1. The summed E-state index contributed by atoms with van der Waals surface area (Å²) in [6, 6.07) is 11.9. The van der Waals surface area contributed by atoms with Crippen molar-refractivity contribution in [3.05, 3.63) is 52.1 Å². The molecule has 3 nitrogen and oxygen atoms in total. The van der Waals surface area contributed by atoms with Crippen molar-refractivity contribution >= 4 is 34.1 Å². The first-order chi connectivity index (χ1) is 12.0. The first-order valence-electron chi connectivity index (χ1n) is 8.64. The lowest BCUT2D eigenvalue weighted by Crippen LogP contribution is -2.22. The molecule has 0 aliphatic rings. The highest BCUT2D eigenvalue weighted by Crippen LogP contribution is 2.36. The van der Waals surface area contributed by atoms with Gasteiger partial charge in [-0.1, -0.05) is 61.3 Å². The van der Waals surface area contributed by atoms with Gasteiger partial charge in [-0.05, 0) is 25.1 Å². The van der Waals surface area contributed by atoms with Gasteiger partial charge in [-0.2, -0.15) is 5.10 Å².